The second kappa shape index (κ2) is 5.70. The van der Waals surface area contributed by atoms with Gasteiger partial charge < -0.3 is 15.3 Å². The van der Waals surface area contributed by atoms with Gasteiger partial charge in [-0.25, -0.2) is 0 Å². The third-order valence-electron chi connectivity index (χ3n) is 2.65. The van der Waals surface area contributed by atoms with Crippen molar-refractivity contribution in [2.45, 2.75) is 32.2 Å². The number of nitrogens with zero attached hydrogens (tertiary/aromatic N) is 1. The van der Waals surface area contributed by atoms with E-state index in [0.29, 0.717) is 6.54 Å². The second-order valence-electron chi connectivity index (χ2n) is 3.83. The lowest BCUT2D eigenvalue weighted by Crippen LogP contribution is -2.49. The molecule has 5 heteroatoms. The molecular formula is C10H18N2O3. The Balaban J connectivity index is 2.44. The van der Waals surface area contributed by atoms with Crippen molar-refractivity contribution in [1.29, 1.82) is 0 Å². The minimum absolute atomic E-state index is 0.00577. The van der Waals surface area contributed by atoms with Crippen molar-refractivity contribution < 1.29 is 14.7 Å². The Morgan fingerprint density at radius 2 is 2.20 bits per heavy atom. The number of hydrogen-bond donors (Lipinski definition) is 2. The van der Waals surface area contributed by atoms with Crippen molar-refractivity contribution in [2.75, 3.05) is 19.7 Å². The van der Waals surface area contributed by atoms with E-state index in [1.165, 1.54) is 6.92 Å². The molecule has 0 radical (unpaired) electrons. The lowest BCUT2D eigenvalue weighted by molar-refractivity contribution is -0.136. The predicted molar refractivity (Wildman–Crippen MR) is 55.1 cm³/mol. The number of rotatable bonds is 3. The first-order valence-corrected chi connectivity index (χ1v) is 5.30. The summed E-state index contributed by atoms with van der Waals surface area (Å²) in [6.45, 7) is 2.11. The molecule has 0 bridgehead atoms. The molecule has 15 heavy (non-hydrogen) atoms. The van der Waals surface area contributed by atoms with Crippen LogP contribution in [-0.4, -0.2) is 47.6 Å². The van der Waals surface area contributed by atoms with Crippen LogP contribution in [0.4, 0.5) is 0 Å². The van der Waals surface area contributed by atoms with Gasteiger partial charge in [0.15, 0.2) is 0 Å². The molecule has 0 saturated carbocycles. The van der Waals surface area contributed by atoms with Crippen molar-refractivity contribution in [1.82, 2.24) is 10.2 Å². The van der Waals surface area contributed by atoms with Gasteiger partial charge in [0.25, 0.3) is 0 Å². The average Bonchev–Trinajstić information content (AvgIpc) is 2.25. The molecule has 5 nitrogen and oxygen atoms in total. The second-order valence-corrected chi connectivity index (χ2v) is 3.83. The summed E-state index contributed by atoms with van der Waals surface area (Å²) in [5, 5.41) is 11.6. The summed E-state index contributed by atoms with van der Waals surface area (Å²) in [4.78, 5) is 24.0. The molecule has 1 aliphatic heterocycles. The molecule has 0 aromatic carbocycles. The molecule has 86 valence electrons. The van der Waals surface area contributed by atoms with Crippen molar-refractivity contribution >= 4 is 11.8 Å². The molecule has 2 amide bonds. The first-order valence-electron chi connectivity index (χ1n) is 5.30. The van der Waals surface area contributed by atoms with E-state index < -0.39 is 0 Å². The maximum atomic E-state index is 11.7. The van der Waals surface area contributed by atoms with Gasteiger partial charge in [0.05, 0.1) is 19.2 Å². The van der Waals surface area contributed by atoms with Crippen LogP contribution in [0.3, 0.4) is 0 Å². The van der Waals surface area contributed by atoms with E-state index in [1.54, 1.807) is 4.90 Å². The summed E-state index contributed by atoms with van der Waals surface area (Å²) >= 11 is 0. The van der Waals surface area contributed by atoms with Gasteiger partial charge >= 0.3 is 0 Å². The average molecular weight is 214 g/mol. The maximum Gasteiger partial charge on any atom is 0.242 e. The van der Waals surface area contributed by atoms with Gasteiger partial charge in [0.2, 0.25) is 11.8 Å². The van der Waals surface area contributed by atoms with Crippen LogP contribution < -0.4 is 5.32 Å². The monoisotopic (exact) mass is 214 g/mol. The molecule has 0 aliphatic carbocycles. The topological polar surface area (TPSA) is 69.6 Å². The molecule has 1 unspecified atom stereocenters. The van der Waals surface area contributed by atoms with Gasteiger partial charge in [-0.1, -0.05) is 0 Å². The van der Waals surface area contributed by atoms with Crippen LogP contribution in [0.2, 0.25) is 0 Å². The third kappa shape index (κ3) is 3.51. The fraction of sp³-hybridized carbons (Fsp3) is 0.800. The predicted octanol–water partition coefficient (Wildman–Crippen LogP) is -0.504. The van der Waals surface area contributed by atoms with Gasteiger partial charge in [-0.15, -0.1) is 0 Å². The van der Waals surface area contributed by atoms with Crippen LogP contribution in [0.15, 0.2) is 0 Å². The van der Waals surface area contributed by atoms with Crippen LogP contribution in [0.1, 0.15) is 26.2 Å². The Bertz CT molecular complexity index is 243. The summed E-state index contributed by atoms with van der Waals surface area (Å²) in [7, 11) is 0. The molecular weight excluding hydrogens is 196 g/mol. The number of likely N-dealkylation sites (tertiary alicyclic amines) is 1. The van der Waals surface area contributed by atoms with E-state index in [9.17, 15) is 9.59 Å². The SMILES string of the molecule is CC(=O)NCC(=O)N1CCCCC1CO. The zero-order chi connectivity index (χ0) is 11.3. The number of nitrogens with one attached hydrogen (secondary N) is 1. The van der Waals surface area contributed by atoms with Crippen LogP contribution in [0, 0.1) is 0 Å². The standard InChI is InChI=1S/C10H18N2O3/c1-8(14)11-6-10(15)12-5-3-2-4-9(12)7-13/h9,13H,2-7H2,1H3,(H,11,14). The molecule has 0 aromatic rings. The fourth-order valence-corrected chi connectivity index (χ4v) is 1.82. The smallest absolute Gasteiger partial charge is 0.242 e. The Kier molecular flexibility index (Phi) is 4.55. The zero-order valence-electron chi connectivity index (χ0n) is 9.03. The minimum Gasteiger partial charge on any atom is -0.394 e. The highest BCUT2D eigenvalue weighted by atomic mass is 16.3. The maximum absolute atomic E-state index is 11.7. The Labute approximate surface area is 89.4 Å². The van der Waals surface area contributed by atoms with Gasteiger partial charge in [0, 0.05) is 13.5 Å². The van der Waals surface area contributed by atoms with Crippen molar-refractivity contribution in [3.05, 3.63) is 0 Å². The van der Waals surface area contributed by atoms with Crippen LogP contribution in [-0.2, 0) is 9.59 Å². The number of carbonyl (C=O) groups is 2. The Morgan fingerprint density at radius 3 is 2.80 bits per heavy atom. The number of aliphatic hydroxyl groups is 1. The summed E-state index contributed by atoms with van der Waals surface area (Å²) in [5.74, 6) is -0.315. The highest BCUT2D eigenvalue weighted by Crippen LogP contribution is 2.16. The molecule has 0 aromatic heterocycles. The molecule has 1 aliphatic rings. The quantitative estimate of drug-likeness (QED) is 0.665. The molecule has 1 saturated heterocycles. The Hall–Kier alpha value is -1.10. The molecule has 1 rings (SSSR count). The van der Waals surface area contributed by atoms with Crippen molar-refractivity contribution in [3.8, 4) is 0 Å². The third-order valence-corrected chi connectivity index (χ3v) is 2.65. The number of piperidine rings is 1. The van der Waals surface area contributed by atoms with Gasteiger partial charge in [-0.2, -0.15) is 0 Å². The number of aliphatic hydroxyl groups excluding tert-OH is 1. The lowest BCUT2D eigenvalue weighted by atomic mass is 10.0. The van der Waals surface area contributed by atoms with Gasteiger partial charge in [-0.3, -0.25) is 9.59 Å². The Morgan fingerprint density at radius 1 is 1.47 bits per heavy atom. The normalized spacial score (nSPS) is 21.2. The van der Waals surface area contributed by atoms with E-state index in [2.05, 4.69) is 5.32 Å². The molecule has 1 fully saturated rings. The van der Waals surface area contributed by atoms with E-state index in [1.807, 2.05) is 0 Å². The highest BCUT2D eigenvalue weighted by molar-refractivity contribution is 5.83. The summed E-state index contributed by atoms with van der Waals surface area (Å²) < 4.78 is 0. The summed E-state index contributed by atoms with van der Waals surface area (Å²) in [6.07, 6.45) is 2.87. The van der Waals surface area contributed by atoms with Crippen molar-refractivity contribution in [3.63, 3.8) is 0 Å². The molecule has 1 heterocycles. The van der Waals surface area contributed by atoms with E-state index in [-0.39, 0.29) is 31.0 Å². The molecule has 2 N–H and O–H groups in total. The molecule has 0 spiro atoms. The van der Waals surface area contributed by atoms with Gasteiger partial charge in [-0.05, 0) is 19.3 Å². The first kappa shape index (κ1) is 12.0. The number of amides is 2. The summed E-state index contributed by atoms with van der Waals surface area (Å²) in [5.41, 5.74) is 0. The largest absolute Gasteiger partial charge is 0.394 e. The summed E-state index contributed by atoms with van der Waals surface area (Å²) in [6, 6.07) is -0.0694. The minimum atomic E-state index is -0.207. The fourth-order valence-electron chi connectivity index (χ4n) is 1.82. The van der Waals surface area contributed by atoms with E-state index >= 15 is 0 Å². The van der Waals surface area contributed by atoms with Gasteiger partial charge in [0.1, 0.15) is 0 Å². The first-order chi connectivity index (χ1) is 7.15. The van der Waals surface area contributed by atoms with Crippen LogP contribution >= 0.6 is 0 Å². The van der Waals surface area contributed by atoms with E-state index in [0.717, 1.165) is 19.3 Å². The molecule has 1 atom stereocenters. The van der Waals surface area contributed by atoms with Crippen LogP contribution in [0.5, 0.6) is 0 Å². The lowest BCUT2D eigenvalue weighted by Gasteiger charge is -2.34. The number of carbonyl (C=O) groups excluding carboxylic acids is 2. The zero-order valence-corrected chi connectivity index (χ0v) is 9.03. The number of hydrogen-bond acceptors (Lipinski definition) is 3. The van der Waals surface area contributed by atoms with Crippen LogP contribution in [0.25, 0.3) is 0 Å². The highest BCUT2D eigenvalue weighted by Gasteiger charge is 2.25. The van der Waals surface area contributed by atoms with Crippen molar-refractivity contribution in [2.24, 2.45) is 0 Å². The van der Waals surface area contributed by atoms with E-state index in [4.69, 9.17) is 5.11 Å².